The second-order valence-electron chi connectivity index (χ2n) is 19.8. The van der Waals surface area contributed by atoms with Crippen LogP contribution in [0.5, 0.6) is 11.5 Å². The molecule has 4 aliphatic rings. The van der Waals surface area contributed by atoms with Crippen molar-refractivity contribution in [2.24, 2.45) is 0 Å². The van der Waals surface area contributed by atoms with Gasteiger partial charge in [-0.05, 0) is 118 Å². The van der Waals surface area contributed by atoms with Crippen molar-refractivity contribution in [1.29, 1.82) is 0 Å². The molecule has 444 valence electrons. The average molecular weight is 1330 g/mol. The van der Waals surface area contributed by atoms with Gasteiger partial charge in [-0.2, -0.15) is 19.9 Å². The Kier molecular flexibility index (Phi) is 21.5. The second kappa shape index (κ2) is 27.2. The van der Waals surface area contributed by atoms with Gasteiger partial charge >= 0.3 is 7.60 Å². The van der Waals surface area contributed by atoms with Crippen LogP contribution < -0.4 is 18.8 Å². The first kappa shape index (κ1) is 64.1. The lowest BCUT2D eigenvalue weighted by Crippen LogP contribution is -2.33. The number of para-hydroxylation sites is 2. The number of imidazole rings is 2. The molecule has 2 aliphatic carbocycles. The number of hydrogen-bond acceptors (Lipinski definition) is 22. The molecule has 24 nitrogen and oxygen atoms in total. The summed E-state index contributed by atoms with van der Waals surface area (Å²) in [6.45, 7) is 0.496. The van der Waals surface area contributed by atoms with E-state index in [9.17, 15) is 43.8 Å². The lowest BCUT2D eigenvalue weighted by atomic mass is 10.1. The van der Waals surface area contributed by atoms with Crippen molar-refractivity contribution < 1.29 is 66.8 Å². The number of ether oxygens (including phenoxy) is 2. The van der Waals surface area contributed by atoms with Crippen LogP contribution in [0.15, 0.2) is 73.3 Å². The van der Waals surface area contributed by atoms with Crippen LogP contribution in [0.1, 0.15) is 63.8 Å². The number of aliphatic hydroxyl groups is 5. The van der Waals surface area contributed by atoms with Crippen molar-refractivity contribution in [3.8, 4) is 11.5 Å². The van der Waals surface area contributed by atoms with Crippen LogP contribution in [0.25, 0.3) is 22.3 Å². The normalized spacial score (nSPS) is 25.0. The Hall–Kier alpha value is -2.92. The third-order valence-corrected chi connectivity index (χ3v) is 25.7. The molecule has 0 radical (unpaired) electrons. The summed E-state index contributed by atoms with van der Waals surface area (Å²) in [6, 6.07) is 17.5. The zero-order valence-corrected chi connectivity index (χ0v) is 51.7. The summed E-state index contributed by atoms with van der Waals surface area (Å²) in [4.78, 5) is 30.5. The molecule has 10 rings (SSSR count). The molecule has 81 heavy (non-hydrogen) atoms. The minimum absolute atomic E-state index is 0.00253. The molecule has 4 aromatic heterocycles. The van der Waals surface area contributed by atoms with Gasteiger partial charge < -0.3 is 53.9 Å². The zero-order chi connectivity index (χ0) is 58.6. The highest BCUT2D eigenvalue weighted by molar-refractivity contribution is 8.21. The molecule has 6 heterocycles. The van der Waals surface area contributed by atoms with Crippen molar-refractivity contribution in [2.75, 3.05) is 55.6 Å². The van der Waals surface area contributed by atoms with Crippen LogP contribution in [0.2, 0.25) is 10.6 Å². The van der Waals surface area contributed by atoms with Crippen molar-refractivity contribution in [1.82, 2.24) is 39.0 Å². The molecule has 2 aliphatic heterocycles. The first-order valence-electron chi connectivity index (χ1n) is 25.4. The van der Waals surface area contributed by atoms with Crippen LogP contribution in [0.3, 0.4) is 0 Å². The van der Waals surface area contributed by atoms with Gasteiger partial charge in [0.2, 0.25) is 10.6 Å². The molecule has 6 aromatic rings. The summed E-state index contributed by atoms with van der Waals surface area (Å²) < 4.78 is 80.4. The van der Waals surface area contributed by atoms with Gasteiger partial charge in [-0.25, -0.2) is 14.5 Å². The smallest absolute Gasteiger partial charge is 0.390 e. The fraction of sp³-hybridized carbons (Fsp3) is 0.532. The Bertz CT molecular complexity index is 3270. The van der Waals surface area contributed by atoms with Crippen molar-refractivity contribution in [3.63, 3.8) is 0 Å². The standard InChI is InChI=1S/C30H36ClN5O8P2.C16H22ClN5O4.CH2Cl4O2P2/c1-35(20-11-9-10-12-20)27-24-28(34-30(31)33-27)36(18-32-24)29-26(38)25(37)23(42-29)17-41-46(40,44-22-15-7-4-8-16-22)19-45(2,39)43-21-13-5-3-6-14-21;1-21(8-4-2-3-5-8)13-10-14(20-16(17)19-13)22(7-18-10)15-12(25)11(24)9(6-23)26-15;2-8(3,6)1-9(4,5)7/h3-8,13-16,18,20,23,25-26,29,37-38H,9-12,17,19H2,1-2H3;7-9,11-12,15,23-25H,2-6H2,1H3;1H2/t23-,25-,26-,29-,45?,46?;9-,11-,12-,15-;/m11./s1. The van der Waals surface area contributed by atoms with Gasteiger partial charge in [0.25, 0.3) is 19.1 Å². The fourth-order valence-corrected chi connectivity index (χ4v) is 23.9. The molecule has 0 amide bonds. The van der Waals surface area contributed by atoms with E-state index in [1.54, 1.807) is 60.7 Å². The van der Waals surface area contributed by atoms with Gasteiger partial charge in [0.1, 0.15) is 59.9 Å². The van der Waals surface area contributed by atoms with Gasteiger partial charge in [-0.1, -0.05) is 62.1 Å². The number of nitrogens with zero attached hydrogens (tertiary/aromatic N) is 10. The van der Waals surface area contributed by atoms with Gasteiger partial charge in [0.15, 0.2) is 46.4 Å². The first-order chi connectivity index (χ1) is 38.2. The first-order valence-corrected chi connectivity index (χ1v) is 37.5. The van der Waals surface area contributed by atoms with E-state index in [0.717, 1.165) is 38.5 Å². The number of anilines is 2. The fourth-order valence-electron chi connectivity index (χ4n) is 9.92. The minimum Gasteiger partial charge on any atom is -0.442 e. The summed E-state index contributed by atoms with van der Waals surface area (Å²) in [6.07, 6.45) is 2.49. The number of fused-ring (bicyclic) bond motifs is 2. The van der Waals surface area contributed by atoms with Crippen LogP contribution in [-0.4, -0.2) is 159 Å². The predicted octanol–water partition coefficient (Wildman–Crippen LogP) is 10.5. The van der Waals surface area contributed by atoms with Crippen LogP contribution >= 0.6 is 94.8 Å². The molecule has 2 unspecified atom stereocenters. The average Bonchev–Trinajstić information content (AvgIpc) is 4.37. The maximum Gasteiger partial charge on any atom is 0.390 e. The van der Waals surface area contributed by atoms with Crippen LogP contribution in [-0.2, 0) is 32.3 Å². The zero-order valence-electron chi connectivity index (χ0n) is 43.6. The third kappa shape index (κ3) is 16.3. The lowest BCUT2D eigenvalue weighted by Gasteiger charge is -2.25. The highest BCUT2D eigenvalue weighted by Crippen LogP contribution is 2.72. The summed E-state index contributed by atoms with van der Waals surface area (Å²) in [5, 5.41) is 51.7. The van der Waals surface area contributed by atoms with E-state index in [2.05, 4.69) is 39.7 Å². The number of halogens is 6. The Morgan fingerprint density at radius 2 is 1.01 bits per heavy atom. The SMILES string of the molecule is CN(c1nc(Cl)nc2c1ncn2[C@@H]1O[C@H](CO)[C@@H](O)[C@H]1O)C1CCCC1.CN(c1nc(Cl)nc2c1ncn2[C@@H]1O[C@H](COP(=O)(CP(C)(=O)Oc2ccccc2)Oc2ccccc2)[C@@H](O)[C@H]1O)C1CCCC1.O=P(Cl)(Cl)CP(=O)(Cl)Cl. The lowest BCUT2D eigenvalue weighted by molar-refractivity contribution is -0.0511. The molecular formula is C47H60Cl6N10O14P4. The number of aromatic nitrogens is 8. The van der Waals surface area contributed by atoms with E-state index >= 15 is 0 Å². The molecule has 4 fully saturated rings. The van der Waals surface area contributed by atoms with E-state index in [0.29, 0.717) is 51.8 Å². The number of hydrogen-bond donors (Lipinski definition) is 5. The minimum atomic E-state index is -4.18. The number of rotatable bonds is 18. The maximum atomic E-state index is 14.1. The summed E-state index contributed by atoms with van der Waals surface area (Å²) in [7, 11) is -3.83. The maximum absolute atomic E-state index is 14.1. The highest BCUT2D eigenvalue weighted by Gasteiger charge is 2.48. The molecule has 10 atom stereocenters. The Labute approximate surface area is 495 Å². The van der Waals surface area contributed by atoms with Crippen molar-refractivity contribution in [3.05, 3.63) is 83.9 Å². The van der Waals surface area contributed by atoms with Gasteiger partial charge in [-0.3, -0.25) is 27.4 Å². The second-order valence-corrected chi connectivity index (χ2v) is 36.5. The van der Waals surface area contributed by atoms with Crippen molar-refractivity contribution in [2.45, 2.75) is 113 Å². The number of benzene rings is 2. The Morgan fingerprint density at radius 3 is 1.41 bits per heavy atom. The molecule has 0 spiro atoms. The summed E-state index contributed by atoms with van der Waals surface area (Å²) >= 11 is 32.5. The van der Waals surface area contributed by atoms with E-state index in [-0.39, 0.29) is 16.3 Å². The predicted molar refractivity (Wildman–Crippen MR) is 311 cm³/mol. The highest BCUT2D eigenvalue weighted by atomic mass is 35.9. The Morgan fingerprint density at radius 1 is 0.605 bits per heavy atom. The summed E-state index contributed by atoms with van der Waals surface area (Å²) in [5.74, 6) is -6.06. The van der Waals surface area contributed by atoms with Crippen LogP contribution in [0, 0.1) is 0 Å². The molecule has 2 saturated heterocycles. The largest absolute Gasteiger partial charge is 0.442 e. The third-order valence-electron chi connectivity index (χ3n) is 13.8. The molecule has 5 N–H and O–H groups in total. The van der Waals surface area contributed by atoms with Gasteiger partial charge in [-0.15, -0.1) is 0 Å². The van der Waals surface area contributed by atoms with E-state index in [1.807, 2.05) is 14.1 Å². The molecule has 2 aromatic carbocycles. The Balaban J connectivity index is 0.000000205. The van der Waals surface area contributed by atoms with Crippen LogP contribution in [0.4, 0.5) is 11.6 Å². The quantitative estimate of drug-likeness (QED) is 0.0394. The summed E-state index contributed by atoms with van der Waals surface area (Å²) in [5.41, 5.74) is 1.77. The topological polar surface area (TPSA) is 309 Å². The molecule has 2 saturated carbocycles. The van der Waals surface area contributed by atoms with E-state index in [1.165, 1.54) is 41.3 Å². The van der Waals surface area contributed by atoms with E-state index in [4.69, 9.17) is 91.2 Å². The van der Waals surface area contributed by atoms with Gasteiger partial charge in [0, 0.05) is 32.8 Å². The van der Waals surface area contributed by atoms with Crippen molar-refractivity contribution >= 4 is 129 Å². The molecule has 34 heteroatoms. The van der Waals surface area contributed by atoms with Gasteiger partial charge in [0.05, 0.1) is 25.9 Å². The number of aliphatic hydroxyl groups excluding tert-OH is 5. The molecule has 0 bridgehead atoms. The molecular weight excluding hydrogens is 1270 g/mol. The monoisotopic (exact) mass is 1320 g/mol. The van der Waals surface area contributed by atoms with E-state index < -0.39 is 101 Å².